The van der Waals surface area contributed by atoms with Gasteiger partial charge < -0.3 is 9.72 Å². The fourth-order valence-corrected chi connectivity index (χ4v) is 4.01. The van der Waals surface area contributed by atoms with E-state index in [1.165, 1.54) is 6.92 Å². The van der Waals surface area contributed by atoms with Gasteiger partial charge in [-0.1, -0.05) is 4.68 Å². The van der Waals surface area contributed by atoms with Crippen LogP contribution >= 0.6 is 0 Å². The molecular weight excluding hydrogens is 408 g/mol. The van der Waals surface area contributed by atoms with Gasteiger partial charge in [0.1, 0.15) is 6.10 Å². The number of pyridine rings is 2. The van der Waals surface area contributed by atoms with Crippen molar-refractivity contribution in [1.82, 2.24) is 15.4 Å². The molecule has 2 aromatic heterocycles. The lowest BCUT2D eigenvalue weighted by Crippen LogP contribution is -2.42. The minimum absolute atomic E-state index is 0.0110. The first-order chi connectivity index (χ1) is 15.3. The second-order valence-electron chi connectivity index (χ2n) is 8.38. The van der Waals surface area contributed by atoms with Crippen LogP contribution in [0.1, 0.15) is 43.0 Å². The van der Waals surface area contributed by atoms with Gasteiger partial charge in [0.25, 0.3) is 11.2 Å². The molecule has 2 aromatic rings. The first-order valence-corrected chi connectivity index (χ1v) is 10.5. The lowest BCUT2D eigenvalue weighted by molar-refractivity contribution is -0.480. The molecule has 32 heavy (non-hydrogen) atoms. The van der Waals surface area contributed by atoms with E-state index in [4.69, 9.17) is 4.74 Å². The first kappa shape index (κ1) is 21.6. The molecule has 1 saturated heterocycles. The van der Waals surface area contributed by atoms with Crippen molar-refractivity contribution in [3.05, 3.63) is 51.7 Å². The molecule has 9 heteroatoms. The van der Waals surface area contributed by atoms with E-state index in [9.17, 15) is 14.9 Å². The summed E-state index contributed by atoms with van der Waals surface area (Å²) in [5.74, 6) is 0.386. The molecular formula is C23H25N6O3+. The largest absolute Gasteiger partial charge is 0.369 e. The predicted octanol–water partition coefficient (Wildman–Crippen LogP) is 2.37. The molecule has 0 spiro atoms. The van der Waals surface area contributed by atoms with Crippen LogP contribution in [-0.4, -0.2) is 45.2 Å². The number of rotatable bonds is 4. The Bertz CT molecular complexity index is 1230. The molecule has 2 aliphatic heterocycles. The van der Waals surface area contributed by atoms with Crippen molar-refractivity contribution < 1.29 is 14.2 Å². The second kappa shape index (κ2) is 8.48. The van der Waals surface area contributed by atoms with E-state index < -0.39 is 11.5 Å². The molecule has 9 nitrogen and oxygen atoms in total. The zero-order valence-corrected chi connectivity index (χ0v) is 18.3. The van der Waals surface area contributed by atoms with E-state index in [2.05, 4.69) is 26.5 Å². The van der Waals surface area contributed by atoms with Gasteiger partial charge in [-0.05, 0) is 45.2 Å². The predicted molar refractivity (Wildman–Crippen MR) is 118 cm³/mol. The molecule has 0 saturated carbocycles. The third kappa shape index (κ3) is 4.09. The van der Waals surface area contributed by atoms with E-state index in [0.29, 0.717) is 35.6 Å². The number of nitriles is 1. The number of aromatic nitrogens is 2. The number of hydrogen-bond acceptors (Lipinski definition) is 6. The van der Waals surface area contributed by atoms with Crippen LogP contribution in [0.25, 0.3) is 0 Å². The second-order valence-corrected chi connectivity index (χ2v) is 8.38. The number of hydrazine groups is 1. The standard InChI is InChI=1S/C23H24N6O3/c1-14-10-17(11-26-15(14)2)27-21-20-18(5-9-25-22(20)31)29(28-21)12-23(7-8-24)6-4-19(16(3)30)32-13-23/h5,9-12,19H,4,6-7,13H2,1-3H3,(H-,25,27,28,31)/p+1. The average Bonchev–Trinajstić information content (AvgIpc) is 3.09. The number of amidine groups is 1. The Hall–Kier alpha value is -3.64. The summed E-state index contributed by atoms with van der Waals surface area (Å²) in [6.45, 7) is 5.64. The third-order valence-corrected chi connectivity index (χ3v) is 5.99. The maximum Gasteiger partial charge on any atom is 0.266 e. The number of nitrogens with zero attached hydrogens (tertiary/aromatic N) is 4. The number of nitrogens with one attached hydrogen (secondary N) is 2. The summed E-state index contributed by atoms with van der Waals surface area (Å²) in [5, 5.41) is 9.45. The highest BCUT2D eigenvalue weighted by molar-refractivity contribution is 6.04. The molecule has 1 fully saturated rings. The Kier molecular flexibility index (Phi) is 5.72. The highest BCUT2D eigenvalue weighted by Gasteiger charge is 2.42. The van der Waals surface area contributed by atoms with E-state index in [0.717, 1.165) is 11.3 Å². The first-order valence-electron chi connectivity index (χ1n) is 10.5. The highest BCUT2D eigenvalue weighted by atomic mass is 16.5. The number of carbonyl (C=O) groups is 1. The Morgan fingerprint density at radius 1 is 1.50 bits per heavy atom. The summed E-state index contributed by atoms with van der Waals surface area (Å²) in [5.41, 5.74) is 5.92. The van der Waals surface area contributed by atoms with Crippen molar-refractivity contribution in [2.24, 2.45) is 10.4 Å². The number of ether oxygens (including phenoxy) is 1. The van der Waals surface area contributed by atoms with Crippen LogP contribution in [0.4, 0.5) is 11.4 Å². The molecule has 2 aliphatic rings. The molecule has 0 radical (unpaired) electrons. The normalized spacial score (nSPS) is 24.8. The van der Waals surface area contributed by atoms with Crippen LogP contribution in [0.3, 0.4) is 0 Å². The number of aliphatic imine (C=N–C) groups is 1. The Labute approximate surface area is 185 Å². The lowest BCUT2D eigenvalue weighted by atomic mass is 9.79. The minimum atomic E-state index is -0.592. The molecule has 4 heterocycles. The molecule has 2 N–H and O–H groups in total. The van der Waals surface area contributed by atoms with Gasteiger partial charge in [0.05, 0.1) is 36.4 Å². The van der Waals surface area contributed by atoms with Crippen molar-refractivity contribution in [3.63, 3.8) is 0 Å². The number of Topliss-reactive ketones (excluding diaryl/α,β-unsaturated/α-hetero) is 1. The number of carbonyl (C=O) groups excluding carboxylic acids is 1. The summed E-state index contributed by atoms with van der Waals surface area (Å²) in [7, 11) is 0. The number of aromatic amines is 1. The molecule has 4 rings (SSSR count). The van der Waals surface area contributed by atoms with Crippen molar-refractivity contribution in [3.8, 4) is 6.07 Å². The van der Waals surface area contributed by atoms with Crippen LogP contribution in [-0.2, 0) is 9.53 Å². The maximum absolute atomic E-state index is 12.6. The molecule has 2 unspecified atom stereocenters. The third-order valence-electron chi connectivity index (χ3n) is 5.99. The van der Waals surface area contributed by atoms with Crippen molar-refractivity contribution >= 4 is 29.2 Å². The Balaban J connectivity index is 1.75. The summed E-state index contributed by atoms with van der Waals surface area (Å²) >= 11 is 0. The minimum Gasteiger partial charge on any atom is -0.369 e. The number of aryl methyl sites for hydroxylation is 2. The number of H-pyrrole nitrogens is 1. The Morgan fingerprint density at radius 3 is 2.97 bits per heavy atom. The molecule has 0 aromatic carbocycles. The van der Waals surface area contributed by atoms with Gasteiger partial charge in [0, 0.05) is 18.0 Å². The summed E-state index contributed by atoms with van der Waals surface area (Å²) in [6.07, 6.45) is 6.06. The molecule has 0 amide bonds. The lowest BCUT2D eigenvalue weighted by Gasteiger charge is -2.33. The van der Waals surface area contributed by atoms with Crippen molar-refractivity contribution in [1.29, 1.82) is 5.26 Å². The van der Waals surface area contributed by atoms with Gasteiger partial charge >= 0.3 is 0 Å². The summed E-state index contributed by atoms with van der Waals surface area (Å²) in [6, 6.07) is 5.93. The van der Waals surface area contributed by atoms with Crippen molar-refractivity contribution in [2.45, 2.75) is 46.1 Å². The highest BCUT2D eigenvalue weighted by Crippen LogP contribution is 2.34. The fraction of sp³-hybridized carbons (Fsp3) is 0.391. The van der Waals surface area contributed by atoms with Crippen LogP contribution in [0.2, 0.25) is 0 Å². The zero-order chi connectivity index (χ0) is 22.9. The fourth-order valence-electron chi connectivity index (χ4n) is 4.01. The quantitative estimate of drug-likeness (QED) is 0.714. The molecule has 0 aliphatic carbocycles. The van der Waals surface area contributed by atoms with Crippen LogP contribution in [0, 0.1) is 30.6 Å². The number of ketones is 1. The van der Waals surface area contributed by atoms with Crippen molar-refractivity contribution in [2.75, 3.05) is 6.61 Å². The van der Waals surface area contributed by atoms with Gasteiger partial charge in [-0.3, -0.25) is 14.6 Å². The average molecular weight is 433 g/mol. The smallest absolute Gasteiger partial charge is 0.266 e. The van der Waals surface area contributed by atoms with Gasteiger partial charge in [-0.15, -0.1) is 5.43 Å². The topological polar surface area (TPSA) is 123 Å². The van der Waals surface area contributed by atoms with Gasteiger partial charge in [0.2, 0.25) is 5.84 Å². The van der Waals surface area contributed by atoms with Gasteiger partial charge in [-0.25, -0.2) is 4.99 Å². The SMILES string of the molecule is CC(=O)C1CCC(C=[N+]2NC(=Nc3cnc(C)c(C)c3)c3c2cc[nH]c3=O)(CC#N)CO1. The van der Waals surface area contributed by atoms with E-state index in [-0.39, 0.29) is 24.4 Å². The number of fused-ring (bicyclic) bond motifs is 1. The molecule has 2 atom stereocenters. The molecule has 164 valence electrons. The monoisotopic (exact) mass is 433 g/mol. The summed E-state index contributed by atoms with van der Waals surface area (Å²) in [4.78, 5) is 36.0. The van der Waals surface area contributed by atoms with Crippen LogP contribution in [0.5, 0.6) is 0 Å². The van der Waals surface area contributed by atoms with E-state index in [1.54, 1.807) is 23.1 Å². The Morgan fingerprint density at radius 2 is 2.31 bits per heavy atom. The number of hydrogen-bond donors (Lipinski definition) is 2. The van der Waals surface area contributed by atoms with Gasteiger partial charge in [-0.2, -0.15) is 5.26 Å². The van der Waals surface area contributed by atoms with E-state index >= 15 is 0 Å². The number of hydrazone groups is 1. The zero-order valence-electron chi connectivity index (χ0n) is 18.3. The van der Waals surface area contributed by atoms with Crippen LogP contribution in [0.15, 0.2) is 34.3 Å². The summed E-state index contributed by atoms with van der Waals surface area (Å²) < 4.78 is 7.51. The maximum atomic E-state index is 12.6. The van der Waals surface area contributed by atoms with Gasteiger partial charge in [0.15, 0.2) is 17.6 Å². The van der Waals surface area contributed by atoms with E-state index in [1.807, 2.05) is 26.1 Å². The van der Waals surface area contributed by atoms with Crippen LogP contribution < -0.4 is 11.0 Å². The molecule has 0 bridgehead atoms.